The fourth-order valence-electron chi connectivity index (χ4n) is 3.65. The first-order valence-electron chi connectivity index (χ1n) is 11.0. The lowest BCUT2D eigenvalue weighted by Gasteiger charge is -2.24. The van der Waals surface area contributed by atoms with E-state index in [1.165, 1.54) is 11.0 Å². The van der Waals surface area contributed by atoms with Gasteiger partial charge in [-0.25, -0.2) is 0 Å². The molecule has 0 aromatic heterocycles. The van der Waals surface area contributed by atoms with Crippen molar-refractivity contribution in [2.75, 3.05) is 25.5 Å². The van der Waals surface area contributed by atoms with Gasteiger partial charge in [0.1, 0.15) is 11.8 Å². The fraction of sp³-hybridized carbons (Fsp3) is 0.320. The fourth-order valence-corrected chi connectivity index (χ4v) is 3.65. The number of hydrogen-bond acceptors (Lipinski definition) is 5. The largest absolute Gasteiger partial charge is 0.497 e. The summed E-state index contributed by atoms with van der Waals surface area (Å²) < 4.78 is 5.12. The molecule has 0 radical (unpaired) electrons. The summed E-state index contributed by atoms with van der Waals surface area (Å²) in [5.74, 6) is -0.153. The smallest absolute Gasteiger partial charge is 0.245 e. The number of likely N-dealkylation sites (tertiary alicyclic amines) is 1. The third kappa shape index (κ3) is 7.18. The molecule has 0 saturated carbocycles. The average Bonchev–Trinajstić information content (AvgIpc) is 2.99. The highest BCUT2D eigenvalue weighted by Gasteiger charge is 2.29. The van der Waals surface area contributed by atoms with Crippen molar-refractivity contribution in [3.05, 3.63) is 65.7 Å². The summed E-state index contributed by atoms with van der Waals surface area (Å²) in [4.78, 5) is 39.4. The topological polar surface area (TPSA) is 114 Å². The van der Waals surface area contributed by atoms with E-state index in [4.69, 9.17) is 10.5 Å². The molecule has 33 heavy (non-hydrogen) atoms. The quantitative estimate of drug-likeness (QED) is 0.534. The lowest BCUT2D eigenvalue weighted by atomic mass is 10.1. The lowest BCUT2D eigenvalue weighted by molar-refractivity contribution is -0.137. The molecular weight excluding hydrogens is 420 g/mol. The molecule has 8 nitrogen and oxygen atoms in total. The zero-order chi connectivity index (χ0) is 23.6. The van der Waals surface area contributed by atoms with Crippen molar-refractivity contribution in [3.63, 3.8) is 0 Å². The van der Waals surface area contributed by atoms with Gasteiger partial charge in [0.05, 0.1) is 13.7 Å². The SMILES string of the molecule is COc1ccc(/C=C/C(=O)NC2CCCCN(CC(=O)Nc3cccc(CN)c3)C2=O)cc1. The molecule has 2 aromatic rings. The van der Waals surface area contributed by atoms with Gasteiger partial charge in [0.25, 0.3) is 0 Å². The predicted molar refractivity (Wildman–Crippen MR) is 127 cm³/mol. The van der Waals surface area contributed by atoms with Crippen molar-refractivity contribution >= 4 is 29.5 Å². The zero-order valence-corrected chi connectivity index (χ0v) is 18.8. The molecule has 4 N–H and O–H groups in total. The van der Waals surface area contributed by atoms with Gasteiger partial charge < -0.3 is 26.0 Å². The number of carbonyl (C=O) groups excluding carboxylic acids is 3. The lowest BCUT2D eigenvalue weighted by Crippen LogP contribution is -2.49. The Labute approximate surface area is 193 Å². The van der Waals surface area contributed by atoms with Crippen molar-refractivity contribution < 1.29 is 19.1 Å². The molecular formula is C25H30N4O4. The number of benzene rings is 2. The van der Waals surface area contributed by atoms with Crippen LogP contribution in [0.4, 0.5) is 5.69 Å². The van der Waals surface area contributed by atoms with Gasteiger partial charge in [0.2, 0.25) is 17.7 Å². The minimum atomic E-state index is -0.658. The van der Waals surface area contributed by atoms with Crippen LogP contribution in [0.15, 0.2) is 54.6 Å². The number of hydrogen-bond donors (Lipinski definition) is 3. The molecule has 1 aliphatic heterocycles. The van der Waals surface area contributed by atoms with Gasteiger partial charge in [0.15, 0.2) is 0 Å². The number of nitrogens with one attached hydrogen (secondary N) is 2. The van der Waals surface area contributed by atoms with Crippen molar-refractivity contribution in [2.24, 2.45) is 5.73 Å². The Hall–Kier alpha value is -3.65. The molecule has 2 aromatic carbocycles. The van der Waals surface area contributed by atoms with E-state index in [0.29, 0.717) is 25.2 Å². The molecule has 0 spiro atoms. The minimum Gasteiger partial charge on any atom is -0.497 e. The van der Waals surface area contributed by atoms with Crippen LogP contribution in [-0.2, 0) is 20.9 Å². The van der Waals surface area contributed by atoms with Gasteiger partial charge in [-0.15, -0.1) is 0 Å². The molecule has 1 unspecified atom stereocenters. The Morgan fingerprint density at radius 3 is 2.70 bits per heavy atom. The summed E-state index contributed by atoms with van der Waals surface area (Å²) in [6, 6.07) is 13.9. The maximum atomic E-state index is 13.0. The predicted octanol–water partition coefficient (Wildman–Crippen LogP) is 2.30. The molecule has 0 aliphatic carbocycles. The number of rotatable bonds is 8. The number of methoxy groups -OCH3 is 1. The number of amides is 3. The van der Waals surface area contributed by atoms with Gasteiger partial charge in [0, 0.05) is 24.9 Å². The molecule has 0 bridgehead atoms. The van der Waals surface area contributed by atoms with Crippen LogP contribution < -0.4 is 21.1 Å². The first-order chi connectivity index (χ1) is 16.0. The third-order valence-corrected chi connectivity index (χ3v) is 5.42. The summed E-state index contributed by atoms with van der Waals surface area (Å²) in [7, 11) is 1.59. The molecule has 1 heterocycles. The average molecular weight is 451 g/mol. The normalized spacial score (nSPS) is 16.4. The van der Waals surface area contributed by atoms with Crippen LogP contribution in [0.3, 0.4) is 0 Å². The van der Waals surface area contributed by atoms with Gasteiger partial charge in [-0.2, -0.15) is 0 Å². The second-order valence-electron chi connectivity index (χ2n) is 7.88. The Bertz CT molecular complexity index is 1000. The zero-order valence-electron chi connectivity index (χ0n) is 18.8. The maximum absolute atomic E-state index is 13.0. The van der Waals surface area contributed by atoms with E-state index >= 15 is 0 Å². The highest BCUT2D eigenvalue weighted by Crippen LogP contribution is 2.15. The summed E-state index contributed by atoms with van der Waals surface area (Å²) in [6.45, 7) is 0.783. The van der Waals surface area contributed by atoms with E-state index in [1.807, 2.05) is 36.4 Å². The van der Waals surface area contributed by atoms with E-state index in [-0.39, 0.29) is 24.3 Å². The van der Waals surface area contributed by atoms with E-state index in [0.717, 1.165) is 29.7 Å². The summed E-state index contributed by atoms with van der Waals surface area (Å²) >= 11 is 0. The van der Waals surface area contributed by atoms with Crippen molar-refractivity contribution in [1.82, 2.24) is 10.2 Å². The third-order valence-electron chi connectivity index (χ3n) is 5.42. The maximum Gasteiger partial charge on any atom is 0.245 e. The second kappa shape index (κ2) is 11.8. The molecule has 3 amide bonds. The van der Waals surface area contributed by atoms with Gasteiger partial charge in [-0.3, -0.25) is 14.4 Å². The van der Waals surface area contributed by atoms with Crippen LogP contribution in [0.5, 0.6) is 5.75 Å². The van der Waals surface area contributed by atoms with Gasteiger partial charge in [-0.1, -0.05) is 24.3 Å². The van der Waals surface area contributed by atoms with Crippen LogP contribution in [0, 0.1) is 0 Å². The van der Waals surface area contributed by atoms with Crippen LogP contribution in [0.2, 0.25) is 0 Å². The summed E-state index contributed by atoms with van der Waals surface area (Å²) in [6.07, 6.45) is 5.18. The Morgan fingerprint density at radius 2 is 1.97 bits per heavy atom. The number of ether oxygens (including phenoxy) is 1. The molecule has 8 heteroatoms. The molecule has 1 atom stereocenters. The van der Waals surface area contributed by atoms with Crippen LogP contribution >= 0.6 is 0 Å². The van der Waals surface area contributed by atoms with E-state index in [2.05, 4.69) is 10.6 Å². The van der Waals surface area contributed by atoms with Crippen molar-refractivity contribution in [1.29, 1.82) is 0 Å². The molecule has 3 rings (SSSR count). The van der Waals surface area contributed by atoms with Gasteiger partial charge >= 0.3 is 0 Å². The Kier molecular flexibility index (Phi) is 8.60. The van der Waals surface area contributed by atoms with Crippen LogP contribution in [0.1, 0.15) is 30.4 Å². The standard InChI is InChI=1S/C25H30N4O4/c1-33-21-11-8-18(9-12-21)10-13-23(30)28-22-7-2-3-14-29(25(22)32)17-24(31)27-20-6-4-5-19(15-20)16-26/h4-6,8-13,15,22H,2-3,7,14,16-17,26H2,1H3,(H,27,31)(H,28,30)/b13-10+. The molecule has 1 aliphatic rings. The van der Waals surface area contributed by atoms with Gasteiger partial charge in [-0.05, 0) is 60.7 Å². The van der Waals surface area contributed by atoms with E-state index < -0.39 is 6.04 Å². The molecule has 174 valence electrons. The molecule has 1 fully saturated rings. The van der Waals surface area contributed by atoms with Crippen molar-refractivity contribution in [3.8, 4) is 5.75 Å². The Morgan fingerprint density at radius 1 is 1.18 bits per heavy atom. The van der Waals surface area contributed by atoms with Crippen LogP contribution in [-0.4, -0.2) is 48.9 Å². The monoisotopic (exact) mass is 450 g/mol. The first kappa shape index (κ1) is 24.0. The minimum absolute atomic E-state index is 0.0697. The highest BCUT2D eigenvalue weighted by atomic mass is 16.5. The first-order valence-corrected chi connectivity index (χ1v) is 11.0. The van der Waals surface area contributed by atoms with E-state index in [9.17, 15) is 14.4 Å². The number of anilines is 1. The van der Waals surface area contributed by atoms with Crippen LogP contribution in [0.25, 0.3) is 6.08 Å². The van der Waals surface area contributed by atoms with E-state index in [1.54, 1.807) is 25.3 Å². The summed E-state index contributed by atoms with van der Waals surface area (Å²) in [5.41, 5.74) is 8.03. The summed E-state index contributed by atoms with van der Waals surface area (Å²) in [5, 5.41) is 5.59. The second-order valence-corrected chi connectivity index (χ2v) is 7.88. The molecule has 1 saturated heterocycles. The Balaban J connectivity index is 1.56. The number of carbonyl (C=O) groups is 3. The highest BCUT2D eigenvalue weighted by molar-refractivity contribution is 5.98. The number of nitrogens with zero attached hydrogens (tertiary/aromatic N) is 1. The van der Waals surface area contributed by atoms with Crippen molar-refractivity contribution in [2.45, 2.75) is 31.8 Å². The number of nitrogens with two attached hydrogens (primary N) is 1.